The molecule has 12 heteroatoms. The molecule has 0 aliphatic heterocycles. The van der Waals surface area contributed by atoms with Crippen LogP contribution in [0.4, 0.5) is 0 Å². The van der Waals surface area contributed by atoms with Gasteiger partial charge in [-0.1, -0.05) is 91.0 Å². The van der Waals surface area contributed by atoms with Crippen LogP contribution >= 0.6 is 0 Å². The molecule has 0 bridgehead atoms. The summed E-state index contributed by atoms with van der Waals surface area (Å²) in [5.41, 5.74) is 12.4. The summed E-state index contributed by atoms with van der Waals surface area (Å²) in [6.07, 6.45) is -0.768. The Morgan fingerprint density at radius 2 is 1.00 bits per heavy atom. The molecular weight excluding hydrogens is 544 g/mol. The molecule has 0 unspecified atom stereocenters. The lowest BCUT2D eigenvalue weighted by Gasteiger charge is -2.39. The number of aliphatic carboxylic acids is 1. The molecule has 12 nitrogen and oxygen atoms in total. The lowest BCUT2D eigenvalue weighted by Crippen LogP contribution is -2.72. The minimum Gasteiger partial charge on any atom is -0.479 e. The maximum Gasteiger partial charge on any atom is 0.340 e. The van der Waals surface area contributed by atoms with Crippen molar-refractivity contribution in [1.82, 2.24) is 0 Å². The van der Waals surface area contributed by atoms with E-state index in [0.717, 1.165) is 0 Å². The summed E-state index contributed by atoms with van der Waals surface area (Å²) >= 11 is 0. The first-order valence-corrected chi connectivity index (χ1v) is 12.8. The van der Waals surface area contributed by atoms with E-state index in [9.17, 15) is 24.3 Å². The summed E-state index contributed by atoms with van der Waals surface area (Å²) in [5.74, 6) is -6.88. The minimum atomic E-state index is -3.32. The largest absolute Gasteiger partial charge is 0.479 e. The van der Waals surface area contributed by atoms with Crippen LogP contribution in [0.25, 0.3) is 0 Å². The van der Waals surface area contributed by atoms with Crippen LogP contribution in [-0.2, 0) is 53.2 Å². The van der Waals surface area contributed by atoms with E-state index < -0.39 is 60.4 Å². The van der Waals surface area contributed by atoms with E-state index in [1.807, 2.05) is 0 Å². The number of benzene rings is 3. The average Bonchev–Trinajstić information content (AvgIpc) is 3.00. The maximum absolute atomic E-state index is 13.9. The molecule has 3 aromatic carbocycles. The van der Waals surface area contributed by atoms with Gasteiger partial charge in [-0.3, -0.25) is 14.6 Å². The van der Waals surface area contributed by atoms with Gasteiger partial charge in [0.1, 0.15) is 19.8 Å². The van der Waals surface area contributed by atoms with Crippen LogP contribution in [0.1, 0.15) is 23.1 Å². The van der Waals surface area contributed by atoms with Gasteiger partial charge in [-0.05, 0) is 23.1 Å². The zero-order valence-electron chi connectivity index (χ0n) is 22.7. The average molecular weight is 577 g/mol. The molecular formula is C30H32N4O8. The number of carboxylic acids is 1. The lowest BCUT2D eigenvalue weighted by molar-refractivity contribution is -0.194. The number of carbonyl (C=O) groups excluding carboxylic acids is 3. The molecule has 220 valence electrons. The number of guanidine groups is 1. The summed E-state index contributed by atoms with van der Waals surface area (Å²) in [7, 11) is 0. The first-order chi connectivity index (χ1) is 20.1. The first kappa shape index (κ1) is 31.3. The van der Waals surface area contributed by atoms with E-state index >= 15 is 0 Å². The molecule has 0 aromatic heterocycles. The fraction of sp³-hybridized carbons (Fsp3) is 0.233. The Hall–Kier alpha value is -5.23. The number of aliphatic imine (C=N–C) groups is 1. The van der Waals surface area contributed by atoms with Crippen molar-refractivity contribution >= 4 is 29.8 Å². The Bertz CT molecular complexity index is 1340. The number of hydrogen-bond donors (Lipinski definition) is 4. The molecule has 0 saturated carbocycles. The number of nitrogens with two attached hydrogens (primary N) is 3. The summed E-state index contributed by atoms with van der Waals surface area (Å²) < 4.78 is 16.1. The summed E-state index contributed by atoms with van der Waals surface area (Å²) in [6.45, 7) is -1.62. The highest BCUT2D eigenvalue weighted by Crippen LogP contribution is 2.39. The van der Waals surface area contributed by atoms with Crippen LogP contribution in [0.2, 0.25) is 0 Å². The second-order valence-electron chi connectivity index (χ2n) is 9.26. The summed E-state index contributed by atoms with van der Waals surface area (Å²) in [5, 5.41) is 10.4. The van der Waals surface area contributed by atoms with Gasteiger partial charge in [-0.25, -0.2) is 9.59 Å². The summed E-state index contributed by atoms with van der Waals surface area (Å²) in [4.78, 5) is 58.0. The number of carboxylic acid groups (broad SMARTS) is 1. The SMILES string of the molecule is NC(N)=NCCC(C(=O)OCc1ccccc1)(C(=O)OCc1ccccc1)[C@](N)(C(=O)O)C(=O)OCc1ccccc1. The van der Waals surface area contributed by atoms with E-state index in [2.05, 4.69) is 4.99 Å². The third-order valence-corrected chi connectivity index (χ3v) is 6.45. The Labute approximate surface area is 242 Å². The van der Waals surface area contributed by atoms with Crippen LogP contribution in [0.5, 0.6) is 0 Å². The molecule has 0 aliphatic carbocycles. The topological polar surface area (TPSA) is 207 Å². The molecule has 0 aliphatic rings. The monoisotopic (exact) mass is 576 g/mol. The molecule has 1 atom stereocenters. The van der Waals surface area contributed by atoms with E-state index in [1.165, 1.54) is 0 Å². The van der Waals surface area contributed by atoms with Crippen molar-refractivity contribution in [3.63, 3.8) is 0 Å². The van der Waals surface area contributed by atoms with E-state index in [0.29, 0.717) is 16.7 Å². The third-order valence-electron chi connectivity index (χ3n) is 6.45. The molecule has 0 radical (unpaired) electrons. The molecule has 0 spiro atoms. The Balaban J connectivity index is 2.09. The van der Waals surface area contributed by atoms with E-state index in [4.69, 9.17) is 31.4 Å². The maximum atomic E-state index is 13.9. The van der Waals surface area contributed by atoms with Crippen molar-refractivity contribution in [2.24, 2.45) is 27.6 Å². The van der Waals surface area contributed by atoms with Crippen molar-refractivity contribution in [3.05, 3.63) is 108 Å². The number of hydrogen-bond acceptors (Lipinski definition) is 9. The highest BCUT2D eigenvalue weighted by atomic mass is 16.6. The van der Waals surface area contributed by atoms with Crippen molar-refractivity contribution in [2.75, 3.05) is 6.54 Å². The number of esters is 3. The molecule has 0 heterocycles. The van der Waals surface area contributed by atoms with Gasteiger partial charge in [0.15, 0.2) is 5.96 Å². The fourth-order valence-electron chi connectivity index (χ4n) is 4.13. The predicted molar refractivity (Wildman–Crippen MR) is 151 cm³/mol. The van der Waals surface area contributed by atoms with Gasteiger partial charge in [0.2, 0.25) is 11.0 Å². The predicted octanol–water partition coefficient (Wildman–Crippen LogP) is 1.65. The molecule has 0 saturated heterocycles. The fourth-order valence-corrected chi connectivity index (χ4v) is 4.13. The zero-order chi connectivity index (χ0) is 30.6. The zero-order valence-corrected chi connectivity index (χ0v) is 22.7. The van der Waals surface area contributed by atoms with Crippen molar-refractivity contribution < 1.29 is 38.5 Å². The Morgan fingerprint density at radius 3 is 1.33 bits per heavy atom. The van der Waals surface area contributed by atoms with E-state index in [-0.39, 0.29) is 13.2 Å². The van der Waals surface area contributed by atoms with Gasteiger partial charge >= 0.3 is 23.9 Å². The second kappa shape index (κ2) is 14.4. The van der Waals surface area contributed by atoms with Gasteiger partial charge in [0, 0.05) is 6.54 Å². The Morgan fingerprint density at radius 1 is 0.643 bits per heavy atom. The van der Waals surface area contributed by atoms with Gasteiger partial charge in [0.25, 0.3) is 0 Å². The second-order valence-corrected chi connectivity index (χ2v) is 9.26. The lowest BCUT2D eigenvalue weighted by atomic mass is 9.67. The van der Waals surface area contributed by atoms with Crippen LogP contribution in [0.15, 0.2) is 96.0 Å². The van der Waals surface area contributed by atoms with Crippen LogP contribution in [0.3, 0.4) is 0 Å². The minimum absolute atomic E-state index is 0.371. The van der Waals surface area contributed by atoms with Gasteiger partial charge < -0.3 is 36.5 Å². The van der Waals surface area contributed by atoms with Gasteiger partial charge in [0.05, 0.1) is 0 Å². The number of carbonyl (C=O) groups is 4. The molecule has 0 fully saturated rings. The van der Waals surface area contributed by atoms with Gasteiger partial charge in [-0.15, -0.1) is 0 Å². The highest BCUT2D eigenvalue weighted by Gasteiger charge is 2.71. The van der Waals surface area contributed by atoms with Crippen molar-refractivity contribution in [3.8, 4) is 0 Å². The van der Waals surface area contributed by atoms with E-state index in [1.54, 1.807) is 91.0 Å². The molecule has 3 rings (SSSR count). The van der Waals surface area contributed by atoms with Crippen LogP contribution in [-0.4, -0.2) is 47.0 Å². The number of rotatable bonds is 14. The van der Waals surface area contributed by atoms with Gasteiger partial charge in [-0.2, -0.15) is 0 Å². The normalized spacial score (nSPS) is 12.3. The smallest absolute Gasteiger partial charge is 0.340 e. The van der Waals surface area contributed by atoms with Crippen molar-refractivity contribution in [2.45, 2.75) is 31.8 Å². The van der Waals surface area contributed by atoms with Crippen LogP contribution < -0.4 is 17.2 Å². The summed E-state index contributed by atoms with van der Waals surface area (Å²) in [6, 6.07) is 25.1. The van der Waals surface area contributed by atoms with Crippen LogP contribution in [0, 0.1) is 5.41 Å². The number of ether oxygens (including phenoxy) is 3. The first-order valence-electron chi connectivity index (χ1n) is 12.8. The molecule has 7 N–H and O–H groups in total. The quantitative estimate of drug-likeness (QED) is 0.0713. The molecule has 3 aromatic rings. The number of nitrogens with zero attached hydrogens (tertiary/aromatic N) is 1. The molecule has 42 heavy (non-hydrogen) atoms. The third kappa shape index (κ3) is 7.29. The highest BCUT2D eigenvalue weighted by molar-refractivity contribution is 6.17. The molecule has 0 amide bonds. The Kier molecular flexibility index (Phi) is 10.7. The standard InChI is InChI=1S/C30H32N4O8/c31-28(32)34-17-16-29(25(37)40-18-21-10-4-1-5-11-21,26(38)41-19-22-12-6-2-7-13-22)30(33,24(35)36)27(39)42-20-23-14-8-3-9-15-23/h1-15H,16-20,33H2,(H,35,36)(H4,31,32,34)/t30-/m0/s1. The van der Waals surface area contributed by atoms with Crippen molar-refractivity contribution in [1.29, 1.82) is 0 Å².